The Morgan fingerprint density at radius 3 is 2.32 bits per heavy atom. The standard InChI is InChI=1S/C20H26N2O5S/c1-15-5-10-19(13-16(15)2)28(24,25)22(3)14-20(23)21-17-6-8-18(9-7-17)27-12-11-26-4/h5-10,13H,11-12,14H2,1-4H3,(H,21,23). The molecule has 0 aliphatic carbocycles. The number of aryl methyl sites for hydroxylation is 2. The van der Waals surface area contributed by atoms with Gasteiger partial charge in [0.15, 0.2) is 0 Å². The number of hydrogen-bond donors (Lipinski definition) is 1. The van der Waals surface area contributed by atoms with Gasteiger partial charge >= 0.3 is 0 Å². The Labute approximate surface area is 166 Å². The van der Waals surface area contributed by atoms with Gasteiger partial charge in [-0.05, 0) is 61.4 Å². The molecule has 1 N–H and O–H groups in total. The summed E-state index contributed by atoms with van der Waals surface area (Å²) in [7, 11) is -0.762. The molecule has 0 fully saturated rings. The fraction of sp³-hybridized carbons (Fsp3) is 0.350. The second-order valence-electron chi connectivity index (χ2n) is 6.42. The quantitative estimate of drug-likeness (QED) is 0.647. The Bertz CT molecular complexity index is 911. The van der Waals surface area contributed by atoms with Gasteiger partial charge in [-0.2, -0.15) is 4.31 Å². The van der Waals surface area contributed by atoms with E-state index in [2.05, 4.69) is 5.32 Å². The number of likely N-dealkylation sites (N-methyl/N-ethyl adjacent to an activating group) is 1. The van der Waals surface area contributed by atoms with E-state index in [0.29, 0.717) is 24.7 Å². The van der Waals surface area contributed by atoms with E-state index in [4.69, 9.17) is 9.47 Å². The van der Waals surface area contributed by atoms with Crippen LogP contribution in [0.3, 0.4) is 0 Å². The fourth-order valence-corrected chi connectivity index (χ4v) is 3.63. The van der Waals surface area contributed by atoms with Gasteiger partial charge in [-0.3, -0.25) is 4.79 Å². The largest absolute Gasteiger partial charge is 0.491 e. The van der Waals surface area contributed by atoms with Gasteiger partial charge in [0.2, 0.25) is 15.9 Å². The van der Waals surface area contributed by atoms with Crippen molar-refractivity contribution in [3.63, 3.8) is 0 Å². The summed E-state index contributed by atoms with van der Waals surface area (Å²) in [5.74, 6) is 0.229. The van der Waals surface area contributed by atoms with E-state index in [1.165, 1.54) is 7.05 Å². The van der Waals surface area contributed by atoms with Gasteiger partial charge in [0, 0.05) is 19.8 Å². The van der Waals surface area contributed by atoms with E-state index in [0.717, 1.165) is 15.4 Å². The number of nitrogens with one attached hydrogen (secondary N) is 1. The molecule has 1 amide bonds. The summed E-state index contributed by atoms with van der Waals surface area (Å²) in [5.41, 5.74) is 2.45. The second kappa shape index (κ2) is 9.68. The molecule has 7 nitrogen and oxygen atoms in total. The third kappa shape index (κ3) is 5.79. The summed E-state index contributed by atoms with van der Waals surface area (Å²) in [6.07, 6.45) is 0. The second-order valence-corrected chi connectivity index (χ2v) is 8.47. The zero-order valence-corrected chi connectivity index (χ0v) is 17.4. The van der Waals surface area contributed by atoms with Gasteiger partial charge in [0.1, 0.15) is 12.4 Å². The van der Waals surface area contributed by atoms with Crippen molar-refractivity contribution < 1.29 is 22.7 Å². The molecular formula is C20H26N2O5S. The van der Waals surface area contributed by atoms with Crippen LogP contribution in [0.25, 0.3) is 0 Å². The molecule has 0 radical (unpaired) electrons. The van der Waals surface area contributed by atoms with Gasteiger partial charge in [-0.15, -0.1) is 0 Å². The van der Waals surface area contributed by atoms with Gasteiger partial charge in [0.25, 0.3) is 0 Å². The molecule has 2 rings (SSSR count). The highest BCUT2D eigenvalue weighted by Crippen LogP contribution is 2.19. The predicted octanol–water partition coefficient (Wildman–Crippen LogP) is 2.59. The Kier molecular flexibility index (Phi) is 7.56. The Morgan fingerprint density at radius 1 is 1.04 bits per heavy atom. The van der Waals surface area contributed by atoms with E-state index in [9.17, 15) is 13.2 Å². The summed E-state index contributed by atoms with van der Waals surface area (Å²) >= 11 is 0. The number of hydrogen-bond acceptors (Lipinski definition) is 5. The molecule has 28 heavy (non-hydrogen) atoms. The van der Waals surface area contributed by atoms with E-state index >= 15 is 0 Å². The number of methoxy groups -OCH3 is 1. The molecule has 0 saturated heterocycles. The summed E-state index contributed by atoms with van der Waals surface area (Å²) < 4.78 is 36.8. The minimum absolute atomic E-state index is 0.170. The molecular weight excluding hydrogens is 380 g/mol. The summed E-state index contributed by atoms with van der Waals surface area (Å²) in [6, 6.07) is 11.7. The molecule has 2 aromatic rings. The fourth-order valence-electron chi connectivity index (χ4n) is 2.42. The maximum absolute atomic E-state index is 12.7. The lowest BCUT2D eigenvalue weighted by atomic mass is 10.1. The average molecular weight is 407 g/mol. The van der Waals surface area contributed by atoms with Crippen molar-refractivity contribution in [3.8, 4) is 5.75 Å². The maximum atomic E-state index is 12.7. The molecule has 0 aliphatic heterocycles. The monoisotopic (exact) mass is 406 g/mol. The molecule has 0 unspecified atom stereocenters. The van der Waals surface area contributed by atoms with Crippen molar-refractivity contribution in [2.45, 2.75) is 18.7 Å². The Morgan fingerprint density at radius 2 is 1.71 bits per heavy atom. The summed E-state index contributed by atoms with van der Waals surface area (Å²) in [6.45, 7) is 4.39. The normalized spacial score (nSPS) is 11.5. The number of ether oxygens (including phenoxy) is 2. The molecule has 0 saturated carbocycles. The first-order valence-electron chi connectivity index (χ1n) is 8.79. The number of nitrogens with zero attached hydrogens (tertiary/aromatic N) is 1. The van der Waals surface area contributed by atoms with Gasteiger partial charge in [-0.1, -0.05) is 6.07 Å². The zero-order chi connectivity index (χ0) is 20.7. The first-order chi connectivity index (χ1) is 13.2. The molecule has 0 aromatic heterocycles. The molecule has 0 atom stereocenters. The van der Waals surface area contributed by atoms with E-state index in [-0.39, 0.29) is 11.4 Å². The van der Waals surface area contributed by atoms with Gasteiger partial charge < -0.3 is 14.8 Å². The highest BCUT2D eigenvalue weighted by molar-refractivity contribution is 7.89. The van der Waals surface area contributed by atoms with Crippen molar-refractivity contribution in [2.75, 3.05) is 39.2 Å². The Balaban J connectivity index is 1.97. The van der Waals surface area contributed by atoms with Gasteiger partial charge in [-0.25, -0.2) is 8.42 Å². The average Bonchev–Trinajstić information content (AvgIpc) is 2.65. The van der Waals surface area contributed by atoms with Crippen LogP contribution in [0.1, 0.15) is 11.1 Å². The van der Waals surface area contributed by atoms with E-state index in [1.807, 2.05) is 13.8 Å². The highest BCUT2D eigenvalue weighted by atomic mass is 32.2. The van der Waals surface area contributed by atoms with Crippen molar-refractivity contribution in [1.82, 2.24) is 4.31 Å². The number of anilines is 1. The predicted molar refractivity (Wildman–Crippen MR) is 108 cm³/mol. The van der Waals surface area contributed by atoms with Crippen LogP contribution in [0, 0.1) is 13.8 Å². The number of rotatable bonds is 9. The third-order valence-corrected chi connectivity index (χ3v) is 6.05. The third-order valence-electron chi connectivity index (χ3n) is 4.25. The first kappa shape index (κ1) is 21.9. The molecule has 152 valence electrons. The smallest absolute Gasteiger partial charge is 0.243 e. The lowest BCUT2D eigenvalue weighted by Crippen LogP contribution is -2.35. The number of amides is 1. The molecule has 8 heteroatoms. The van der Waals surface area contributed by atoms with Crippen LogP contribution in [0.4, 0.5) is 5.69 Å². The van der Waals surface area contributed by atoms with Crippen LogP contribution in [-0.2, 0) is 19.6 Å². The number of sulfonamides is 1. The maximum Gasteiger partial charge on any atom is 0.243 e. The van der Waals surface area contributed by atoms with E-state index < -0.39 is 15.9 Å². The van der Waals surface area contributed by atoms with Crippen LogP contribution < -0.4 is 10.1 Å². The lowest BCUT2D eigenvalue weighted by Gasteiger charge is -2.17. The van der Waals surface area contributed by atoms with Crippen LogP contribution in [0.15, 0.2) is 47.4 Å². The summed E-state index contributed by atoms with van der Waals surface area (Å²) in [5, 5.41) is 2.69. The molecule has 0 heterocycles. The number of carbonyl (C=O) groups excluding carboxylic acids is 1. The number of benzene rings is 2. The lowest BCUT2D eigenvalue weighted by molar-refractivity contribution is -0.116. The molecule has 0 spiro atoms. The zero-order valence-electron chi connectivity index (χ0n) is 16.6. The van der Waals surface area contributed by atoms with E-state index in [1.54, 1.807) is 49.6 Å². The van der Waals surface area contributed by atoms with Crippen LogP contribution in [0.5, 0.6) is 5.75 Å². The molecule has 0 bridgehead atoms. The highest BCUT2D eigenvalue weighted by Gasteiger charge is 2.23. The minimum atomic E-state index is -3.74. The van der Waals surface area contributed by atoms with Crippen molar-refractivity contribution in [3.05, 3.63) is 53.6 Å². The van der Waals surface area contributed by atoms with Crippen LogP contribution in [0.2, 0.25) is 0 Å². The molecule has 0 aliphatic rings. The van der Waals surface area contributed by atoms with Crippen molar-refractivity contribution >= 4 is 21.6 Å². The van der Waals surface area contributed by atoms with Crippen molar-refractivity contribution in [1.29, 1.82) is 0 Å². The topological polar surface area (TPSA) is 84.9 Å². The van der Waals surface area contributed by atoms with Crippen LogP contribution >= 0.6 is 0 Å². The SMILES string of the molecule is COCCOc1ccc(NC(=O)CN(C)S(=O)(=O)c2ccc(C)c(C)c2)cc1. The number of carbonyl (C=O) groups is 1. The minimum Gasteiger partial charge on any atom is -0.491 e. The van der Waals surface area contributed by atoms with Crippen molar-refractivity contribution in [2.24, 2.45) is 0 Å². The Hall–Kier alpha value is -2.42. The summed E-state index contributed by atoms with van der Waals surface area (Å²) in [4.78, 5) is 12.4. The molecule has 2 aromatic carbocycles. The first-order valence-corrected chi connectivity index (χ1v) is 10.2. The van der Waals surface area contributed by atoms with Gasteiger partial charge in [0.05, 0.1) is 18.0 Å². The van der Waals surface area contributed by atoms with Crippen LogP contribution in [-0.4, -0.2) is 52.5 Å².